The summed E-state index contributed by atoms with van der Waals surface area (Å²) >= 11 is 6.38. The summed E-state index contributed by atoms with van der Waals surface area (Å²) in [6.45, 7) is 2.51. The summed E-state index contributed by atoms with van der Waals surface area (Å²) in [7, 11) is 3.18. The number of amides is 1. The lowest BCUT2D eigenvalue weighted by Crippen LogP contribution is -2.42. The van der Waals surface area contributed by atoms with Gasteiger partial charge in [0.25, 0.3) is 5.91 Å². The molecule has 0 saturated heterocycles. The van der Waals surface area contributed by atoms with Gasteiger partial charge in [0.15, 0.2) is 11.5 Å². The first-order valence-corrected chi connectivity index (χ1v) is 12.2. The molecule has 1 aliphatic heterocycles. The SMILES string of the molecule is COc1cc2c(cc1OC)C(COc1ccc3c(C)cc(=O)oc3c1)N(C(=O)c1ccccc1Cl)CC2. The third-order valence-electron chi connectivity index (χ3n) is 6.70. The van der Waals surface area contributed by atoms with Crippen LogP contribution >= 0.6 is 11.6 Å². The molecule has 1 unspecified atom stereocenters. The van der Waals surface area contributed by atoms with Gasteiger partial charge in [0, 0.05) is 24.1 Å². The van der Waals surface area contributed by atoms with E-state index in [2.05, 4.69) is 0 Å². The molecule has 2 heterocycles. The molecule has 1 aromatic heterocycles. The molecule has 4 aromatic rings. The highest BCUT2D eigenvalue weighted by Gasteiger charge is 2.34. The number of carbonyl (C=O) groups is 1. The molecule has 0 aliphatic carbocycles. The average Bonchev–Trinajstić information content (AvgIpc) is 2.90. The molecule has 0 radical (unpaired) electrons. The predicted octanol–water partition coefficient (Wildman–Crippen LogP) is 5.59. The first-order valence-electron chi connectivity index (χ1n) is 11.9. The number of nitrogens with zero attached hydrogens (tertiary/aromatic N) is 1. The van der Waals surface area contributed by atoms with Crippen molar-refractivity contribution in [2.75, 3.05) is 27.4 Å². The Hall–Kier alpha value is -3.97. The maximum Gasteiger partial charge on any atom is 0.336 e. The van der Waals surface area contributed by atoms with Crippen molar-refractivity contribution in [1.29, 1.82) is 0 Å². The quantitative estimate of drug-likeness (QED) is 0.309. The Morgan fingerprint density at radius 1 is 1.05 bits per heavy atom. The lowest BCUT2D eigenvalue weighted by atomic mass is 9.91. The van der Waals surface area contributed by atoms with Crippen molar-refractivity contribution in [1.82, 2.24) is 4.90 Å². The van der Waals surface area contributed by atoms with E-state index in [1.165, 1.54) is 6.07 Å². The van der Waals surface area contributed by atoms with E-state index < -0.39 is 11.7 Å². The number of hydrogen-bond donors (Lipinski definition) is 0. The Labute approximate surface area is 219 Å². The highest BCUT2D eigenvalue weighted by atomic mass is 35.5. The molecule has 5 rings (SSSR count). The Bertz CT molecular complexity index is 1550. The summed E-state index contributed by atoms with van der Waals surface area (Å²) in [5.74, 6) is 1.55. The second-order valence-electron chi connectivity index (χ2n) is 8.87. The van der Waals surface area contributed by atoms with Gasteiger partial charge in [-0.25, -0.2) is 4.79 Å². The van der Waals surface area contributed by atoms with Crippen molar-refractivity contribution >= 4 is 28.5 Å². The molecular formula is C29H26ClNO6. The lowest BCUT2D eigenvalue weighted by Gasteiger charge is -2.37. The zero-order chi connectivity index (χ0) is 26.1. The summed E-state index contributed by atoms with van der Waals surface area (Å²) in [5, 5.41) is 1.23. The zero-order valence-corrected chi connectivity index (χ0v) is 21.5. The number of hydrogen-bond acceptors (Lipinski definition) is 6. The van der Waals surface area contributed by atoms with Crippen LogP contribution in [0.25, 0.3) is 11.0 Å². The number of aryl methyl sites for hydroxylation is 1. The van der Waals surface area contributed by atoms with Crippen LogP contribution in [0.3, 0.4) is 0 Å². The molecule has 1 aliphatic rings. The molecule has 37 heavy (non-hydrogen) atoms. The standard InChI is InChI=1S/C29H26ClNO6/c1-17-12-28(32)37-25-14-19(8-9-20(17)25)36-16-24-22-15-27(35-3)26(34-2)13-18(22)10-11-31(24)29(33)21-6-4-5-7-23(21)30/h4-9,12-15,24H,10-11,16H2,1-3H3. The van der Waals surface area contributed by atoms with E-state index in [-0.39, 0.29) is 12.5 Å². The monoisotopic (exact) mass is 519 g/mol. The van der Waals surface area contributed by atoms with Crippen LogP contribution in [0.1, 0.15) is 33.1 Å². The molecule has 0 fully saturated rings. The van der Waals surface area contributed by atoms with Crippen LogP contribution in [0.5, 0.6) is 17.2 Å². The molecule has 8 heteroatoms. The van der Waals surface area contributed by atoms with Crippen LogP contribution < -0.4 is 19.8 Å². The van der Waals surface area contributed by atoms with Gasteiger partial charge in [-0.1, -0.05) is 23.7 Å². The van der Waals surface area contributed by atoms with Crippen LogP contribution in [0.2, 0.25) is 5.02 Å². The Kier molecular flexibility index (Phi) is 6.80. The second kappa shape index (κ2) is 10.2. The summed E-state index contributed by atoms with van der Waals surface area (Å²) in [6, 6.07) is 17.3. The fourth-order valence-corrected chi connectivity index (χ4v) is 5.03. The number of halogens is 1. The van der Waals surface area contributed by atoms with Gasteiger partial charge in [0.05, 0.1) is 30.8 Å². The lowest BCUT2D eigenvalue weighted by molar-refractivity contribution is 0.0589. The van der Waals surface area contributed by atoms with Gasteiger partial charge in [-0.15, -0.1) is 0 Å². The van der Waals surface area contributed by atoms with Gasteiger partial charge in [-0.05, 0) is 66.4 Å². The number of carbonyl (C=O) groups excluding carboxylic acids is 1. The first-order chi connectivity index (χ1) is 17.9. The molecule has 0 spiro atoms. The third kappa shape index (κ3) is 4.74. The van der Waals surface area contributed by atoms with Crippen molar-refractivity contribution < 1.29 is 23.4 Å². The fraction of sp³-hybridized carbons (Fsp3) is 0.241. The molecule has 1 amide bonds. The summed E-state index contributed by atoms with van der Waals surface area (Å²) < 4.78 is 22.6. The summed E-state index contributed by atoms with van der Waals surface area (Å²) in [5.41, 5.74) is 3.25. The normalized spacial score (nSPS) is 14.8. The number of benzene rings is 3. The molecule has 1 atom stereocenters. The summed E-state index contributed by atoms with van der Waals surface area (Å²) in [4.78, 5) is 27.3. The van der Waals surface area contributed by atoms with Crippen molar-refractivity contribution in [3.8, 4) is 17.2 Å². The minimum absolute atomic E-state index is 0.167. The molecule has 0 N–H and O–H groups in total. The Morgan fingerprint density at radius 3 is 2.57 bits per heavy atom. The van der Waals surface area contributed by atoms with Crippen molar-refractivity contribution in [3.63, 3.8) is 0 Å². The maximum atomic E-state index is 13.7. The third-order valence-corrected chi connectivity index (χ3v) is 7.03. The van der Waals surface area contributed by atoms with E-state index in [0.717, 1.165) is 22.1 Å². The van der Waals surface area contributed by atoms with Gasteiger partial charge >= 0.3 is 5.63 Å². The highest BCUT2D eigenvalue weighted by molar-refractivity contribution is 6.33. The Balaban J connectivity index is 1.53. The van der Waals surface area contributed by atoms with E-state index >= 15 is 0 Å². The minimum atomic E-state index is -0.424. The van der Waals surface area contributed by atoms with Gasteiger partial charge in [-0.3, -0.25) is 4.79 Å². The largest absolute Gasteiger partial charge is 0.493 e. The minimum Gasteiger partial charge on any atom is -0.493 e. The average molecular weight is 520 g/mol. The van der Waals surface area contributed by atoms with E-state index in [0.29, 0.717) is 46.4 Å². The fourth-order valence-electron chi connectivity index (χ4n) is 4.81. The van der Waals surface area contributed by atoms with Gasteiger partial charge in [-0.2, -0.15) is 0 Å². The smallest absolute Gasteiger partial charge is 0.336 e. The zero-order valence-electron chi connectivity index (χ0n) is 20.7. The van der Waals surface area contributed by atoms with Crippen LogP contribution in [-0.2, 0) is 6.42 Å². The van der Waals surface area contributed by atoms with Gasteiger partial charge < -0.3 is 23.5 Å². The van der Waals surface area contributed by atoms with E-state index in [9.17, 15) is 9.59 Å². The van der Waals surface area contributed by atoms with E-state index in [1.807, 2.05) is 31.2 Å². The van der Waals surface area contributed by atoms with Crippen LogP contribution in [0, 0.1) is 6.92 Å². The number of fused-ring (bicyclic) bond motifs is 2. The van der Waals surface area contributed by atoms with Gasteiger partial charge in [0.1, 0.15) is 17.9 Å². The highest BCUT2D eigenvalue weighted by Crippen LogP contribution is 2.39. The van der Waals surface area contributed by atoms with Gasteiger partial charge in [0.2, 0.25) is 0 Å². The molecular weight excluding hydrogens is 494 g/mol. The molecule has 7 nitrogen and oxygen atoms in total. The molecule has 190 valence electrons. The second-order valence-corrected chi connectivity index (χ2v) is 9.27. The number of methoxy groups -OCH3 is 2. The number of ether oxygens (including phenoxy) is 3. The molecule has 0 saturated carbocycles. The van der Waals surface area contributed by atoms with Crippen molar-refractivity contribution in [3.05, 3.63) is 98.4 Å². The van der Waals surface area contributed by atoms with E-state index in [4.69, 9.17) is 30.2 Å². The summed E-state index contributed by atoms with van der Waals surface area (Å²) in [6.07, 6.45) is 0.642. The van der Waals surface area contributed by atoms with E-state index in [1.54, 1.807) is 49.5 Å². The molecule has 3 aromatic carbocycles. The van der Waals surface area contributed by atoms with Crippen molar-refractivity contribution in [2.24, 2.45) is 0 Å². The number of rotatable bonds is 6. The first kappa shape index (κ1) is 24.7. The topological polar surface area (TPSA) is 78.2 Å². The van der Waals surface area contributed by atoms with Crippen LogP contribution in [0.15, 0.2) is 69.9 Å². The van der Waals surface area contributed by atoms with Crippen LogP contribution in [-0.4, -0.2) is 38.2 Å². The predicted molar refractivity (Wildman–Crippen MR) is 141 cm³/mol. The van der Waals surface area contributed by atoms with Crippen LogP contribution in [0.4, 0.5) is 0 Å². The molecule has 0 bridgehead atoms. The van der Waals surface area contributed by atoms with Crippen molar-refractivity contribution in [2.45, 2.75) is 19.4 Å². The maximum absolute atomic E-state index is 13.7. The Morgan fingerprint density at radius 2 is 1.81 bits per heavy atom.